The van der Waals surface area contributed by atoms with E-state index < -0.39 is 0 Å². The third-order valence-electron chi connectivity index (χ3n) is 5.19. The molecule has 0 spiro atoms. The van der Waals surface area contributed by atoms with Gasteiger partial charge in [0.25, 0.3) is 0 Å². The first-order valence-corrected chi connectivity index (χ1v) is 12.3. The normalized spacial score (nSPS) is 14.3. The lowest BCUT2D eigenvalue weighted by molar-refractivity contribution is -0.126. The number of nitrogens with zero attached hydrogens (tertiary/aromatic N) is 2. The fourth-order valence-corrected chi connectivity index (χ4v) is 3.66. The van der Waals surface area contributed by atoms with Crippen molar-refractivity contribution >= 4 is 23.3 Å². The summed E-state index contributed by atoms with van der Waals surface area (Å²) < 4.78 is 0. The van der Waals surface area contributed by atoms with Crippen molar-refractivity contribution in [3.8, 4) is 0 Å². The molecule has 0 aliphatic carbocycles. The Morgan fingerprint density at radius 2 is 1.88 bits per heavy atom. The Morgan fingerprint density at radius 1 is 1.15 bits per heavy atom. The number of benzene rings is 1. The number of rotatable bonds is 10. The van der Waals surface area contributed by atoms with Crippen molar-refractivity contribution in [2.75, 3.05) is 32.7 Å². The van der Waals surface area contributed by atoms with E-state index in [-0.39, 0.29) is 11.7 Å². The van der Waals surface area contributed by atoms with Crippen LogP contribution in [-0.4, -0.2) is 54.2 Å². The van der Waals surface area contributed by atoms with Gasteiger partial charge in [-0.2, -0.15) is 0 Å². The van der Waals surface area contributed by atoms with Gasteiger partial charge in [-0.05, 0) is 31.0 Å². The summed E-state index contributed by atoms with van der Waals surface area (Å²) in [7, 11) is 0. The van der Waals surface area contributed by atoms with Crippen molar-refractivity contribution in [3.05, 3.63) is 71.1 Å². The zero-order valence-electron chi connectivity index (χ0n) is 20.7. The molecule has 1 aromatic rings. The number of likely N-dealkylation sites (N-methyl/N-ethyl adjacent to an activating group) is 1. The van der Waals surface area contributed by atoms with Crippen LogP contribution >= 0.6 is 11.6 Å². The van der Waals surface area contributed by atoms with Crippen LogP contribution in [0.4, 0.5) is 0 Å². The lowest BCUT2D eigenvalue weighted by Crippen LogP contribution is -2.46. The van der Waals surface area contributed by atoms with E-state index in [1.165, 1.54) is 5.56 Å². The summed E-state index contributed by atoms with van der Waals surface area (Å²) in [5, 5.41) is 4.03. The maximum atomic E-state index is 12.2. The van der Waals surface area contributed by atoms with E-state index in [2.05, 4.69) is 31.8 Å². The molecule has 1 fully saturated rings. The van der Waals surface area contributed by atoms with Crippen LogP contribution in [-0.2, 0) is 16.0 Å². The zero-order chi connectivity index (χ0) is 24.6. The van der Waals surface area contributed by atoms with Gasteiger partial charge in [-0.1, -0.05) is 82.1 Å². The maximum Gasteiger partial charge on any atom is 0.246 e. The molecule has 1 aromatic carbocycles. The maximum absolute atomic E-state index is 12.2. The highest BCUT2D eigenvalue weighted by molar-refractivity contribution is 6.31. The Kier molecular flexibility index (Phi) is 14.1. The highest BCUT2D eigenvalue weighted by Crippen LogP contribution is 2.20. The van der Waals surface area contributed by atoms with Crippen molar-refractivity contribution in [2.45, 2.75) is 53.4 Å². The second-order valence-electron chi connectivity index (χ2n) is 7.96. The monoisotopic (exact) mass is 473 g/mol. The van der Waals surface area contributed by atoms with Crippen LogP contribution in [0.5, 0.6) is 0 Å². The Bertz CT molecular complexity index is 832. The van der Waals surface area contributed by atoms with Crippen LogP contribution in [0.3, 0.4) is 0 Å². The van der Waals surface area contributed by atoms with Gasteiger partial charge in [-0.3, -0.25) is 9.59 Å². The average molecular weight is 474 g/mol. The molecule has 0 atom stereocenters. The van der Waals surface area contributed by atoms with Crippen molar-refractivity contribution in [3.63, 3.8) is 0 Å². The van der Waals surface area contributed by atoms with Crippen molar-refractivity contribution in [1.29, 1.82) is 0 Å². The summed E-state index contributed by atoms with van der Waals surface area (Å²) in [6.07, 6.45) is 9.52. The van der Waals surface area contributed by atoms with E-state index in [4.69, 9.17) is 11.6 Å². The summed E-state index contributed by atoms with van der Waals surface area (Å²) in [6.45, 7) is 15.1. The van der Waals surface area contributed by atoms with Gasteiger partial charge in [-0.25, -0.2) is 0 Å². The molecule has 1 aliphatic heterocycles. The highest BCUT2D eigenvalue weighted by Gasteiger charge is 2.25. The fraction of sp³-hybridized carbons (Fsp3) is 0.481. The summed E-state index contributed by atoms with van der Waals surface area (Å²) >= 11 is 5.90. The first kappa shape index (κ1) is 28.7. The quantitative estimate of drug-likeness (QED) is 0.366. The van der Waals surface area contributed by atoms with Gasteiger partial charge in [-0.15, -0.1) is 0 Å². The second-order valence-corrected chi connectivity index (χ2v) is 8.37. The number of piperazine rings is 1. The molecule has 2 rings (SSSR count). The van der Waals surface area contributed by atoms with E-state index >= 15 is 0 Å². The molecule has 0 aromatic heterocycles. The third kappa shape index (κ3) is 10.4. The number of carbonyl (C=O) groups excluding carboxylic acids is 2. The molecule has 33 heavy (non-hydrogen) atoms. The molecular formula is C27H40ClN3O2. The summed E-state index contributed by atoms with van der Waals surface area (Å²) in [4.78, 5) is 27.7. The largest absolute Gasteiger partial charge is 0.340 e. The Labute approximate surface area is 205 Å². The molecule has 1 saturated heterocycles. The first-order chi connectivity index (χ1) is 15.8. The van der Waals surface area contributed by atoms with Crippen LogP contribution in [0.25, 0.3) is 0 Å². The van der Waals surface area contributed by atoms with Crippen LogP contribution in [0, 0.1) is 0 Å². The number of carbonyl (C=O) groups is 2. The number of hydrogen-bond donors (Lipinski definition) is 1. The minimum atomic E-state index is -0.00869. The predicted molar refractivity (Wildman–Crippen MR) is 139 cm³/mol. The van der Waals surface area contributed by atoms with Crippen molar-refractivity contribution in [1.82, 2.24) is 15.1 Å². The third-order valence-corrected chi connectivity index (χ3v) is 5.56. The lowest BCUT2D eigenvalue weighted by atomic mass is 10.1. The van der Waals surface area contributed by atoms with Gasteiger partial charge in [0.15, 0.2) is 5.78 Å². The number of nitrogens with one attached hydrogen (secondary N) is 1. The molecule has 5 nitrogen and oxygen atoms in total. The molecular weight excluding hydrogens is 434 g/mol. The van der Waals surface area contributed by atoms with E-state index in [1.54, 1.807) is 17.9 Å². The van der Waals surface area contributed by atoms with Crippen LogP contribution in [0.2, 0.25) is 5.02 Å². The smallest absolute Gasteiger partial charge is 0.246 e. The highest BCUT2D eigenvalue weighted by atomic mass is 35.5. The van der Waals surface area contributed by atoms with Gasteiger partial charge < -0.3 is 15.1 Å². The Balaban J connectivity index is 0.000000451. The van der Waals surface area contributed by atoms with Gasteiger partial charge in [0.05, 0.1) is 12.2 Å². The molecule has 0 unspecified atom stereocenters. The van der Waals surface area contributed by atoms with E-state index in [9.17, 15) is 9.59 Å². The molecule has 1 heterocycles. The number of hydrogen-bond acceptors (Lipinski definition) is 4. The van der Waals surface area contributed by atoms with Gasteiger partial charge in [0.2, 0.25) is 5.91 Å². The Morgan fingerprint density at radius 3 is 2.45 bits per heavy atom. The number of Topliss-reactive ketones (excluding diaryl/α,β-unsaturated/α-hetero) is 1. The van der Waals surface area contributed by atoms with Crippen molar-refractivity contribution in [2.24, 2.45) is 0 Å². The summed E-state index contributed by atoms with van der Waals surface area (Å²) in [5.74, 6) is 0.0375. The number of unbranched alkanes of at least 4 members (excludes halogenated alkanes) is 1. The Hall–Kier alpha value is -2.37. The standard InChI is InChI=1S/C18H29N3O2.C9H11Cl/c1-5-7-9-17(16(4)22)21-13-12-20(14-15(21)3)18(23)10-8-11-19-6-2;1-2-5-8-6-3-4-7-9(8)10/h8-10,19H,3,5-7,11-14H2,1-2,4H3;3-4,6-7H,2,5H2,1H3/b10-8+,17-9-;. The fourth-order valence-electron chi connectivity index (χ4n) is 3.43. The first-order valence-electron chi connectivity index (χ1n) is 11.9. The number of amides is 1. The minimum absolute atomic E-state index is 0.00869. The van der Waals surface area contributed by atoms with Crippen LogP contribution in [0.1, 0.15) is 52.5 Å². The molecule has 0 bridgehead atoms. The van der Waals surface area contributed by atoms with Gasteiger partial charge in [0, 0.05) is 43.4 Å². The minimum Gasteiger partial charge on any atom is -0.340 e. The molecule has 6 heteroatoms. The predicted octanol–water partition coefficient (Wildman–Crippen LogP) is 5.38. The van der Waals surface area contributed by atoms with Crippen LogP contribution < -0.4 is 5.32 Å². The molecule has 182 valence electrons. The van der Waals surface area contributed by atoms with E-state index in [0.29, 0.717) is 31.9 Å². The van der Waals surface area contributed by atoms with Gasteiger partial charge >= 0.3 is 0 Å². The van der Waals surface area contributed by atoms with E-state index in [0.717, 1.165) is 42.9 Å². The molecule has 1 N–H and O–H groups in total. The second kappa shape index (κ2) is 16.3. The molecule has 1 amide bonds. The summed E-state index contributed by atoms with van der Waals surface area (Å²) in [5.41, 5.74) is 2.75. The molecule has 0 saturated carbocycles. The topological polar surface area (TPSA) is 52.7 Å². The molecule has 1 aliphatic rings. The lowest BCUT2D eigenvalue weighted by Gasteiger charge is -2.38. The average Bonchev–Trinajstić information content (AvgIpc) is 2.79. The number of aryl methyl sites for hydroxylation is 1. The number of ketones is 1. The van der Waals surface area contributed by atoms with Gasteiger partial charge in [0.1, 0.15) is 0 Å². The number of allylic oxidation sites excluding steroid dienone is 2. The SMILES string of the molecule is C=C1CN(C(=O)/C=C/CNCC)CCN1/C(=C\CCC)C(C)=O.CCCc1ccccc1Cl. The van der Waals surface area contributed by atoms with Crippen LogP contribution in [0.15, 0.2) is 60.5 Å². The summed E-state index contributed by atoms with van der Waals surface area (Å²) in [6, 6.07) is 8.00. The van der Waals surface area contributed by atoms with Crippen molar-refractivity contribution < 1.29 is 9.59 Å². The van der Waals surface area contributed by atoms with E-state index in [1.807, 2.05) is 42.2 Å². The zero-order valence-corrected chi connectivity index (χ0v) is 21.5. The molecule has 0 radical (unpaired) electrons. The number of halogens is 1.